The van der Waals surface area contributed by atoms with E-state index in [0.717, 1.165) is 24.2 Å². The summed E-state index contributed by atoms with van der Waals surface area (Å²) in [6.07, 6.45) is 0. The molecule has 1 rings (SSSR count). The van der Waals surface area contributed by atoms with E-state index in [1.807, 2.05) is 6.92 Å². The lowest BCUT2D eigenvalue weighted by Crippen LogP contribution is -2.39. The maximum Gasteiger partial charge on any atom is 0.0546 e. The summed E-state index contributed by atoms with van der Waals surface area (Å²) in [7, 11) is 0. The number of nitrogens with one attached hydrogen (secondary N) is 1. The van der Waals surface area contributed by atoms with Crippen molar-refractivity contribution in [3.63, 3.8) is 0 Å². The van der Waals surface area contributed by atoms with Crippen molar-refractivity contribution in [2.75, 3.05) is 19.8 Å². The second-order valence-electron chi connectivity index (χ2n) is 5.54. The van der Waals surface area contributed by atoms with Crippen LogP contribution in [0.3, 0.4) is 0 Å². The zero-order valence-electron chi connectivity index (χ0n) is 11.8. The molecule has 0 bridgehead atoms. The van der Waals surface area contributed by atoms with Gasteiger partial charge in [-0.25, -0.2) is 0 Å². The molecule has 1 aromatic carbocycles. The Kier molecular flexibility index (Phi) is 6.33. The van der Waals surface area contributed by atoms with E-state index in [1.54, 1.807) is 0 Å². The number of hydrogen-bond donors (Lipinski definition) is 1. The molecular formula is C15H24BrNO. The van der Waals surface area contributed by atoms with E-state index in [1.165, 1.54) is 5.56 Å². The number of rotatable bonds is 6. The molecule has 0 aliphatic carbocycles. The number of hydrogen-bond acceptors (Lipinski definition) is 2. The Hall–Kier alpha value is -0.380. The summed E-state index contributed by atoms with van der Waals surface area (Å²) in [6, 6.07) is 8.51. The van der Waals surface area contributed by atoms with Crippen LogP contribution in [-0.2, 0) is 4.74 Å². The predicted molar refractivity (Wildman–Crippen MR) is 81.1 cm³/mol. The van der Waals surface area contributed by atoms with Crippen molar-refractivity contribution >= 4 is 15.9 Å². The van der Waals surface area contributed by atoms with Crippen LogP contribution in [-0.4, -0.2) is 25.3 Å². The second-order valence-corrected chi connectivity index (χ2v) is 6.45. The van der Waals surface area contributed by atoms with Gasteiger partial charge in [-0.3, -0.25) is 0 Å². The van der Waals surface area contributed by atoms with E-state index in [9.17, 15) is 0 Å². The highest BCUT2D eigenvalue weighted by Gasteiger charge is 2.16. The lowest BCUT2D eigenvalue weighted by Gasteiger charge is -2.25. The first-order valence-corrected chi connectivity index (χ1v) is 7.30. The van der Waals surface area contributed by atoms with Crippen LogP contribution in [0.4, 0.5) is 0 Å². The highest BCUT2D eigenvalue weighted by atomic mass is 79.9. The summed E-state index contributed by atoms with van der Waals surface area (Å²) in [5.74, 6) is 0.400. The van der Waals surface area contributed by atoms with E-state index >= 15 is 0 Å². The molecule has 1 N–H and O–H groups in total. The molecule has 0 aliphatic heterocycles. The summed E-state index contributed by atoms with van der Waals surface area (Å²) < 4.78 is 6.71. The van der Waals surface area contributed by atoms with Gasteiger partial charge < -0.3 is 10.1 Å². The van der Waals surface area contributed by atoms with E-state index in [0.29, 0.717) is 5.92 Å². The molecule has 1 aromatic rings. The Morgan fingerprint density at radius 1 is 1.22 bits per heavy atom. The monoisotopic (exact) mass is 313 g/mol. The van der Waals surface area contributed by atoms with Gasteiger partial charge in [0.05, 0.1) is 6.61 Å². The summed E-state index contributed by atoms with van der Waals surface area (Å²) in [4.78, 5) is 0. The van der Waals surface area contributed by atoms with Crippen LogP contribution in [0.5, 0.6) is 0 Å². The molecular weight excluding hydrogens is 290 g/mol. The Bertz CT molecular complexity index is 343. The fourth-order valence-electron chi connectivity index (χ4n) is 1.70. The van der Waals surface area contributed by atoms with Gasteiger partial charge in [0, 0.05) is 29.1 Å². The molecule has 0 aromatic heterocycles. The first kappa shape index (κ1) is 15.7. The van der Waals surface area contributed by atoms with Crippen LogP contribution in [0.15, 0.2) is 28.7 Å². The van der Waals surface area contributed by atoms with Gasteiger partial charge in [-0.2, -0.15) is 0 Å². The molecule has 1 unspecified atom stereocenters. The summed E-state index contributed by atoms with van der Waals surface area (Å²) in [5, 5.41) is 3.55. The lowest BCUT2D eigenvalue weighted by atomic mass is 9.98. The van der Waals surface area contributed by atoms with Crippen molar-refractivity contribution < 1.29 is 4.74 Å². The molecule has 1 atom stereocenters. The Morgan fingerprint density at radius 2 is 1.83 bits per heavy atom. The third kappa shape index (κ3) is 5.98. The molecule has 0 spiro atoms. The van der Waals surface area contributed by atoms with E-state index in [2.05, 4.69) is 66.3 Å². The van der Waals surface area contributed by atoms with Crippen molar-refractivity contribution in [3.05, 3.63) is 34.3 Å². The Morgan fingerprint density at radius 3 is 2.33 bits per heavy atom. The molecule has 3 heteroatoms. The fraction of sp³-hybridized carbons (Fsp3) is 0.600. The maximum absolute atomic E-state index is 5.59. The van der Waals surface area contributed by atoms with Crippen LogP contribution < -0.4 is 5.32 Å². The molecule has 0 saturated carbocycles. The normalized spacial score (nSPS) is 13.6. The number of benzene rings is 1. The first-order valence-electron chi connectivity index (χ1n) is 6.50. The quantitative estimate of drug-likeness (QED) is 0.858. The minimum atomic E-state index is 0.139. The van der Waals surface area contributed by atoms with Crippen molar-refractivity contribution in [1.82, 2.24) is 5.32 Å². The van der Waals surface area contributed by atoms with Gasteiger partial charge >= 0.3 is 0 Å². The maximum atomic E-state index is 5.59. The third-order valence-corrected chi connectivity index (χ3v) is 3.27. The Labute approximate surface area is 119 Å². The molecule has 0 heterocycles. The predicted octanol–water partition coefficient (Wildman–Crippen LogP) is 3.96. The van der Waals surface area contributed by atoms with Crippen LogP contribution in [0, 0.1) is 0 Å². The van der Waals surface area contributed by atoms with Crippen molar-refractivity contribution in [3.8, 4) is 0 Å². The fourth-order valence-corrected chi connectivity index (χ4v) is 1.96. The molecule has 0 radical (unpaired) electrons. The zero-order chi connectivity index (χ0) is 13.6. The van der Waals surface area contributed by atoms with Crippen molar-refractivity contribution in [1.29, 1.82) is 0 Å². The van der Waals surface area contributed by atoms with Crippen LogP contribution in [0.1, 0.15) is 39.2 Å². The average molecular weight is 314 g/mol. The van der Waals surface area contributed by atoms with E-state index < -0.39 is 0 Å². The zero-order valence-corrected chi connectivity index (χ0v) is 13.4. The van der Waals surface area contributed by atoms with Gasteiger partial charge in [0.2, 0.25) is 0 Å². The molecule has 0 saturated heterocycles. The highest BCUT2D eigenvalue weighted by molar-refractivity contribution is 9.10. The van der Waals surface area contributed by atoms with Crippen molar-refractivity contribution in [2.45, 2.75) is 39.2 Å². The lowest BCUT2D eigenvalue weighted by molar-refractivity contribution is 0.129. The Balaban J connectivity index is 2.68. The van der Waals surface area contributed by atoms with Gasteiger partial charge in [-0.05, 0) is 45.4 Å². The smallest absolute Gasteiger partial charge is 0.0546 e. The molecule has 102 valence electrons. The van der Waals surface area contributed by atoms with Crippen molar-refractivity contribution in [2.24, 2.45) is 0 Å². The molecule has 2 nitrogen and oxygen atoms in total. The second kappa shape index (κ2) is 7.27. The topological polar surface area (TPSA) is 21.3 Å². The van der Waals surface area contributed by atoms with Gasteiger partial charge in [0.25, 0.3) is 0 Å². The van der Waals surface area contributed by atoms with E-state index in [-0.39, 0.29) is 5.54 Å². The summed E-state index contributed by atoms with van der Waals surface area (Å²) in [5.41, 5.74) is 1.46. The molecule has 0 amide bonds. The molecule has 0 aliphatic rings. The summed E-state index contributed by atoms with van der Waals surface area (Å²) in [6.45, 7) is 11.1. The first-order chi connectivity index (χ1) is 8.42. The standard InChI is InChI=1S/C15H24BrNO/c1-5-18-11-13(10-17-15(2,3)4)12-6-8-14(16)9-7-12/h6-9,13,17H,5,10-11H2,1-4H3. The highest BCUT2D eigenvalue weighted by Crippen LogP contribution is 2.19. The van der Waals surface area contributed by atoms with Crippen LogP contribution >= 0.6 is 15.9 Å². The minimum absolute atomic E-state index is 0.139. The number of ether oxygens (including phenoxy) is 1. The number of halogens is 1. The minimum Gasteiger partial charge on any atom is -0.381 e. The van der Waals surface area contributed by atoms with Gasteiger partial charge in [-0.15, -0.1) is 0 Å². The largest absolute Gasteiger partial charge is 0.381 e. The van der Waals surface area contributed by atoms with E-state index in [4.69, 9.17) is 4.74 Å². The van der Waals surface area contributed by atoms with Gasteiger partial charge in [0.1, 0.15) is 0 Å². The van der Waals surface area contributed by atoms with Gasteiger partial charge in [-0.1, -0.05) is 28.1 Å². The van der Waals surface area contributed by atoms with Crippen LogP contribution in [0.2, 0.25) is 0 Å². The SMILES string of the molecule is CCOCC(CNC(C)(C)C)c1ccc(Br)cc1. The van der Waals surface area contributed by atoms with Crippen LogP contribution in [0.25, 0.3) is 0 Å². The molecule has 0 fully saturated rings. The average Bonchev–Trinajstić information content (AvgIpc) is 2.29. The summed E-state index contributed by atoms with van der Waals surface area (Å²) >= 11 is 3.47. The van der Waals surface area contributed by atoms with Gasteiger partial charge in [0.15, 0.2) is 0 Å². The molecule has 18 heavy (non-hydrogen) atoms. The third-order valence-electron chi connectivity index (χ3n) is 2.74.